The zero-order chi connectivity index (χ0) is 15.1. The van der Waals surface area contributed by atoms with Crippen molar-refractivity contribution in [2.24, 2.45) is 0 Å². The van der Waals surface area contributed by atoms with E-state index in [-0.39, 0.29) is 11.9 Å². The fraction of sp³-hybridized carbons (Fsp3) is 0.500. The van der Waals surface area contributed by atoms with Crippen molar-refractivity contribution in [2.75, 3.05) is 20.1 Å². The van der Waals surface area contributed by atoms with Gasteiger partial charge >= 0.3 is 0 Å². The highest BCUT2D eigenvalue weighted by Gasteiger charge is 2.36. The average molecular weight is 299 g/mol. The number of carbonyl (C=O) groups excluding carboxylic acids is 1. The Hall–Kier alpha value is -1.92. The van der Waals surface area contributed by atoms with Crippen molar-refractivity contribution in [1.82, 2.24) is 25.7 Å². The lowest BCUT2D eigenvalue weighted by Crippen LogP contribution is -2.62. The standard InChI is InChI=1S/C16H21N5O/c1-21-11-6-10(7-12(21)9-17-8-11)18-16(22)15-13-4-2-3-5-14(13)19-20-15/h2-5,10-12,17H,6-9H2,1H3,(H,18,22)(H,19,20). The number of amides is 1. The van der Waals surface area contributed by atoms with Crippen molar-refractivity contribution in [3.63, 3.8) is 0 Å². The quantitative estimate of drug-likeness (QED) is 0.764. The first kappa shape index (κ1) is 13.7. The maximum atomic E-state index is 12.6. The van der Waals surface area contributed by atoms with Crippen LogP contribution in [0.15, 0.2) is 24.3 Å². The molecule has 1 amide bonds. The Labute approximate surface area is 129 Å². The number of fused-ring (bicyclic) bond motifs is 3. The number of nitrogens with zero attached hydrogens (tertiary/aromatic N) is 2. The Morgan fingerprint density at radius 2 is 2.00 bits per heavy atom. The Bertz CT molecular complexity index is 683. The number of piperidine rings is 1. The summed E-state index contributed by atoms with van der Waals surface area (Å²) >= 11 is 0. The second-order valence-electron chi connectivity index (χ2n) is 6.39. The van der Waals surface area contributed by atoms with E-state index in [0.29, 0.717) is 17.8 Å². The van der Waals surface area contributed by atoms with E-state index in [1.165, 1.54) is 0 Å². The number of aromatic amines is 1. The summed E-state index contributed by atoms with van der Waals surface area (Å²) in [5.41, 5.74) is 1.40. The van der Waals surface area contributed by atoms with Gasteiger partial charge in [-0.25, -0.2) is 0 Å². The van der Waals surface area contributed by atoms with Crippen LogP contribution in [0.2, 0.25) is 0 Å². The Morgan fingerprint density at radius 3 is 2.77 bits per heavy atom. The maximum Gasteiger partial charge on any atom is 0.272 e. The monoisotopic (exact) mass is 299 g/mol. The summed E-state index contributed by atoms with van der Waals surface area (Å²) in [5, 5.41) is 14.7. The molecule has 2 bridgehead atoms. The van der Waals surface area contributed by atoms with Gasteiger partial charge in [-0.3, -0.25) is 14.8 Å². The van der Waals surface area contributed by atoms with Gasteiger partial charge in [0.05, 0.1) is 5.52 Å². The zero-order valence-electron chi connectivity index (χ0n) is 12.7. The molecule has 2 atom stereocenters. The van der Waals surface area contributed by atoms with Crippen LogP contribution in [0.4, 0.5) is 0 Å². The lowest BCUT2D eigenvalue weighted by atomic mass is 9.89. The number of benzene rings is 1. The first-order valence-electron chi connectivity index (χ1n) is 7.89. The van der Waals surface area contributed by atoms with Gasteiger partial charge in [0.2, 0.25) is 0 Å². The van der Waals surface area contributed by atoms with Crippen LogP contribution < -0.4 is 10.6 Å². The van der Waals surface area contributed by atoms with Crippen molar-refractivity contribution in [2.45, 2.75) is 31.0 Å². The van der Waals surface area contributed by atoms with Crippen LogP contribution in [0.3, 0.4) is 0 Å². The van der Waals surface area contributed by atoms with Crippen molar-refractivity contribution in [3.05, 3.63) is 30.0 Å². The summed E-state index contributed by atoms with van der Waals surface area (Å²) in [5.74, 6) is -0.0713. The number of rotatable bonds is 2. The number of likely N-dealkylation sites (N-methyl/N-ethyl adjacent to an activating group) is 1. The number of hydrogen-bond donors (Lipinski definition) is 3. The molecule has 3 N–H and O–H groups in total. The van der Waals surface area contributed by atoms with E-state index >= 15 is 0 Å². The Morgan fingerprint density at radius 1 is 1.27 bits per heavy atom. The number of nitrogens with one attached hydrogen (secondary N) is 3. The molecule has 1 aromatic heterocycles. The topological polar surface area (TPSA) is 73.0 Å². The predicted molar refractivity (Wildman–Crippen MR) is 84.8 cm³/mol. The first-order valence-corrected chi connectivity index (χ1v) is 7.89. The molecule has 2 unspecified atom stereocenters. The fourth-order valence-electron chi connectivity index (χ4n) is 3.76. The van der Waals surface area contributed by atoms with Crippen LogP contribution in [-0.2, 0) is 0 Å². The summed E-state index contributed by atoms with van der Waals surface area (Å²) in [6.07, 6.45) is 1.99. The molecule has 2 aromatic rings. The van der Waals surface area contributed by atoms with E-state index in [0.717, 1.165) is 36.8 Å². The molecule has 4 rings (SSSR count). The van der Waals surface area contributed by atoms with Gasteiger partial charge in [0.1, 0.15) is 0 Å². The average Bonchev–Trinajstić information content (AvgIpc) is 2.92. The molecule has 22 heavy (non-hydrogen) atoms. The molecule has 2 saturated heterocycles. The smallest absolute Gasteiger partial charge is 0.272 e. The van der Waals surface area contributed by atoms with Gasteiger partial charge in [-0.05, 0) is 26.0 Å². The van der Waals surface area contributed by atoms with Crippen molar-refractivity contribution in [1.29, 1.82) is 0 Å². The number of carbonyl (C=O) groups is 1. The molecule has 2 aliphatic rings. The van der Waals surface area contributed by atoms with E-state index < -0.39 is 0 Å². The Kier molecular flexibility index (Phi) is 3.35. The molecular formula is C16H21N5O. The molecule has 1 aromatic carbocycles. The minimum absolute atomic E-state index is 0.0713. The number of hydrogen-bond acceptors (Lipinski definition) is 4. The molecule has 3 heterocycles. The molecule has 6 heteroatoms. The van der Waals surface area contributed by atoms with E-state index in [2.05, 4.69) is 32.8 Å². The van der Waals surface area contributed by atoms with Gasteiger partial charge in [0.15, 0.2) is 5.69 Å². The van der Waals surface area contributed by atoms with Crippen LogP contribution in [0.1, 0.15) is 23.3 Å². The first-order chi connectivity index (χ1) is 10.7. The minimum Gasteiger partial charge on any atom is -0.348 e. The normalized spacial score (nSPS) is 28.7. The van der Waals surface area contributed by atoms with Gasteiger partial charge in [-0.1, -0.05) is 18.2 Å². The summed E-state index contributed by atoms with van der Waals surface area (Å²) in [6.45, 7) is 2.01. The van der Waals surface area contributed by atoms with Crippen LogP contribution >= 0.6 is 0 Å². The Balaban J connectivity index is 1.50. The zero-order valence-corrected chi connectivity index (χ0v) is 12.7. The van der Waals surface area contributed by atoms with Crippen molar-refractivity contribution >= 4 is 16.8 Å². The summed E-state index contributed by atoms with van der Waals surface area (Å²) in [4.78, 5) is 15.0. The van der Waals surface area contributed by atoms with Gasteiger partial charge in [-0.2, -0.15) is 5.10 Å². The SMILES string of the molecule is CN1C2CNCC1CC(NC(=O)c1n[nH]c3ccccc13)C2. The third kappa shape index (κ3) is 2.28. The number of H-pyrrole nitrogens is 1. The van der Waals surface area contributed by atoms with E-state index in [1.807, 2.05) is 24.3 Å². The van der Waals surface area contributed by atoms with Gasteiger partial charge < -0.3 is 10.6 Å². The third-order valence-corrected chi connectivity index (χ3v) is 5.05. The molecular weight excluding hydrogens is 278 g/mol. The largest absolute Gasteiger partial charge is 0.348 e. The molecule has 116 valence electrons. The molecule has 0 spiro atoms. The highest BCUT2D eigenvalue weighted by Crippen LogP contribution is 2.24. The molecule has 6 nitrogen and oxygen atoms in total. The second-order valence-corrected chi connectivity index (χ2v) is 6.39. The summed E-state index contributed by atoms with van der Waals surface area (Å²) in [7, 11) is 2.19. The fourth-order valence-corrected chi connectivity index (χ4v) is 3.76. The number of piperazine rings is 1. The van der Waals surface area contributed by atoms with Crippen LogP contribution in [0.25, 0.3) is 10.9 Å². The van der Waals surface area contributed by atoms with E-state index in [4.69, 9.17) is 0 Å². The van der Waals surface area contributed by atoms with Crippen LogP contribution in [0.5, 0.6) is 0 Å². The molecule has 0 radical (unpaired) electrons. The van der Waals surface area contributed by atoms with E-state index in [9.17, 15) is 4.79 Å². The van der Waals surface area contributed by atoms with Crippen LogP contribution in [-0.4, -0.2) is 59.3 Å². The number of para-hydroxylation sites is 1. The molecule has 0 saturated carbocycles. The predicted octanol–water partition coefficient (Wildman–Crippen LogP) is 0.727. The summed E-state index contributed by atoms with van der Waals surface area (Å²) < 4.78 is 0. The summed E-state index contributed by atoms with van der Waals surface area (Å²) in [6, 6.07) is 8.98. The molecule has 2 fully saturated rings. The highest BCUT2D eigenvalue weighted by molar-refractivity contribution is 6.04. The maximum absolute atomic E-state index is 12.6. The highest BCUT2D eigenvalue weighted by atomic mass is 16.2. The van der Waals surface area contributed by atoms with Gasteiger partial charge in [0, 0.05) is 36.6 Å². The van der Waals surface area contributed by atoms with Gasteiger partial charge in [-0.15, -0.1) is 0 Å². The van der Waals surface area contributed by atoms with Gasteiger partial charge in [0.25, 0.3) is 5.91 Å². The van der Waals surface area contributed by atoms with Crippen molar-refractivity contribution < 1.29 is 4.79 Å². The third-order valence-electron chi connectivity index (χ3n) is 5.05. The molecule has 2 aliphatic heterocycles. The lowest BCUT2D eigenvalue weighted by molar-refractivity contribution is 0.0568. The molecule has 0 aliphatic carbocycles. The second kappa shape index (κ2) is 5.37. The lowest BCUT2D eigenvalue weighted by Gasteiger charge is -2.47. The number of aromatic nitrogens is 2. The van der Waals surface area contributed by atoms with E-state index in [1.54, 1.807) is 0 Å². The van der Waals surface area contributed by atoms with Crippen molar-refractivity contribution in [3.8, 4) is 0 Å². The minimum atomic E-state index is -0.0713. The van der Waals surface area contributed by atoms with Crippen LogP contribution in [0, 0.1) is 0 Å².